The lowest BCUT2D eigenvalue weighted by Crippen LogP contribution is -2.63. The summed E-state index contributed by atoms with van der Waals surface area (Å²) in [7, 11) is 0. The molecule has 0 aromatic carbocycles. The van der Waals surface area contributed by atoms with Crippen molar-refractivity contribution in [1.29, 1.82) is 0 Å². The third-order valence-corrected chi connectivity index (χ3v) is 1.42. The third kappa shape index (κ3) is 0.779. The maximum atomic E-state index is 10.8. The van der Waals surface area contributed by atoms with E-state index in [1.165, 1.54) is 0 Å². The smallest absolute Gasteiger partial charge is 0.339 e. The van der Waals surface area contributed by atoms with Crippen molar-refractivity contribution in [3.63, 3.8) is 0 Å². The van der Waals surface area contributed by atoms with Crippen LogP contribution in [0.25, 0.3) is 0 Å². The second-order valence-electron chi connectivity index (χ2n) is 2.14. The summed E-state index contributed by atoms with van der Waals surface area (Å²) in [6.45, 7) is 0. The first-order valence-electron chi connectivity index (χ1n) is 2.92. The topological polar surface area (TPSA) is 158 Å². The standard InChI is InChI=1S/C4H8N6O2/c5-1-2(6)4(8)10(12)9(11)3(1)7/h5-8H2. The highest BCUT2D eigenvalue weighted by molar-refractivity contribution is 5.77. The minimum atomic E-state index is -0.461. The number of hydrogen-bond donors (Lipinski definition) is 4. The van der Waals surface area contributed by atoms with Gasteiger partial charge < -0.3 is 21.9 Å². The Bertz CT molecular complexity index is 232. The summed E-state index contributed by atoms with van der Waals surface area (Å²) in [5, 5.41) is 21.6. The molecule has 0 spiro atoms. The maximum Gasteiger partial charge on any atom is 0.339 e. The van der Waals surface area contributed by atoms with Crippen LogP contribution in [-0.4, -0.2) is 0 Å². The van der Waals surface area contributed by atoms with Crippen molar-refractivity contribution in [1.82, 2.24) is 0 Å². The molecule has 0 saturated heterocycles. The molecule has 1 aromatic rings. The number of nitrogens with zero attached hydrogens (tertiary/aromatic N) is 2. The molecule has 8 nitrogen and oxygen atoms in total. The van der Waals surface area contributed by atoms with Gasteiger partial charge in [-0.2, -0.15) is 0 Å². The molecule has 8 N–H and O–H groups in total. The summed E-state index contributed by atoms with van der Waals surface area (Å²) in [5.41, 5.74) is 20.4. The zero-order valence-corrected chi connectivity index (χ0v) is 6.02. The number of nitrogens with two attached hydrogens (primary N) is 4. The molecule has 0 unspecified atom stereocenters. The average Bonchev–Trinajstić information content (AvgIpc) is 2.08. The molecule has 66 valence electrons. The van der Waals surface area contributed by atoms with Gasteiger partial charge in [0.1, 0.15) is 0 Å². The third-order valence-electron chi connectivity index (χ3n) is 1.42. The van der Waals surface area contributed by atoms with Crippen molar-refractivity contribution < 1.29 is 9.69 Å². The van der Waals surface area contributed by atoms with E-state index in [1.807, 2.05) is 0 Å². The van der Waals surface area contributed by atoms with Gasteiger partial charge >= 0.3 is 11.6 Å². The predicted octanol–water partition coefficient (Wildman–Crippen LogP) is -2.72. The summed E-state index contributed by atoms with van der Waals surface area (Å²) in [4.78, 5) is -0.359. The molecular weight excluding hydrogens is 164 g/mol. The van der Waals surface area contributed by atoms with Crippen LogP contribution in [-0.2, 0) is 0 Å². The van der Waals surface area contributed by atoms with E-state index in [-0.39, 0.29) is 21.1 Å². The molecule has 0 aliphatic carbocycles. The number of nitrogen functional groups attached to an aromatic ring is 4. The van der Waals surface area contributed by atoms with E-state index in [0.29, 0.717) is 0 Å². The number of anilines is 4. The molecule has 0 amide bonds. The second kappa shape index (κ2) is 2.19. The Morgan fingerprint density at radius 2 is 1.00 bits per heavy atom. The van der Waals surface area contributed by atoms with E-state index in [2.05, 4.69) is 0 Å². The molecule has 1 rings (SSSR count). The van der Waals surface area contributed by atoms with E-state index in [1.54, 1.807) is 0 Å². The summed E-state index contributed by atoms with van der Waals surface area (Å²) >= 11 is 0. The summed E-state index contributed by atoms with van der Waals surface area (Å²) in [5.74, 6) is -0.923. The first-order chi connectivity index (χ1) is 5.46. The summed E-state index contributed by atoms with van der Waals surface area (Å²) < 4.78 is 0. The zero-order chi connectivity index (χ0) is 9.46. The van der Waals surface area contributed by atoms with Gasteiger partial charge in [-0.05, 0) is 0 Å². The lowest BCUT2D eigenvalue weighted by Gasteiger charge is -2.13. The van der Waals surface area contributed by atoms with Crippen LogP contribution in [0.2, 0.25) is 0 Å². The fourth-order valence-corrected chi connectivity index (χ4v) is 0.678. The Kier molecular flexibility index (Phi) is 1.45. The van der Waals surface area contributed by atoms with Gasteiger partial charge in [0, 0.05) is 0 Å². The monoisotopic (exact) mass is 172 g/mol. The molecule has 0 atom stereocenters. The lowest BCUT2D eigenvalue weighted by molar-refractivity contribution is -1.17. The van der Waals surface area contributed by atoms with Gasteiger partial charge in [-0.15, -0.1) is 0 Å². The van der Waals surface area contributed by atoms with Crippen molar-refractivity contribution in [2.24, 2.45) is 0 Å². The van der Waals surface area contributed by atoms with Crippen molar-refractivity contribution in [2.75, 3.05) is 22.9 Å². The largest absolute Gasteiger partial charge is 0.675 e. The predicted molar refractivity (Wildman–Crippen MR) is 42.0 cm³/mol. The van der Waals surface area contributed by atoms with Crippen LogP contribution in [0, 0.1) is 10.4 Å². The van der Waals surface area contributed by atoms with Crippen molar-refractivity contribution in [3.05, 3.63) is 10.4 Å². The first kappa shape index (κ1) is 7.98. The Hall–Kier alpha value is -2.12. The van der Waals surface area contributed by atoms with Gasteiger partial charge in [-0.3, -0.25) is 11.5 Å². The molecule has 0 radical (unpaired) electrons. The van der Waals surface area contributed by atoms with Crippen LogP contribution >= 0.6 is 0 Å². The Labute approximate surface area is 67.1 Å². The van der Waals surface area contributed by atoms with Crippen molar-refractivity contribution in [2.45, 2.75) is 0 Å². The van der Waals surface area contributed by atoms with Crippen LogP contribution < -0.4 is 32.6 Å². The van der Waals surface area contributed by atoms with Gasteiger partial charge in [0.2, 0.25) is 0 Å². The Morgan fingerprint density at radius 3 is 1.25 bits per heavy atom. The molecule has 0 saturated carbocycles. The number of aromatic nitrogens is 2. The van der Waals surface area contributed by atoms with Crippen molar-refractivity contribution >= 4 is 23.0 Å². The van der Waals surface area contributed by atoms with Gasteiger partial charge in [-0.1, -0.05) is 9.69 Å². The molecular formula is C4H8N6O2. The van der Waals surface area contributed by atoms with E-state index in [0.717, 1.165) is 0 Å². The molecule has 12 heavy (non-hydrogen) atoms. The maximum absolute atomic E-state index is 10.8. The Morgan fingerprint density at radius 1 is 0.750 bits per heavy atom. The second-order valence-corrected chi connectivity index (χ2v) is 2.14. The van der Waals surface area contributed by atoms with Crippen LogP contribution in [0.3, 0.4) is 0 Å². The first-order valence-corrected chi connectivity index (χ1v) is 2.92. The van der Waals surface area contributed by atoms with E-state index >= 15 is 0 Å². The summed E-state index contributed by atoms with van der Waals surface area (Å²) in [6, 6.07) is 0. The molecule has 0 bridgehead atoms. The van der Waals surface area contributed by atoms with E-state index in [4.69, 9.17) is 22.9 Å². The van der Waals surface area contributed by atoms with Gasteiger partial charge in [-0.25, -0.2) is 0 Å². The van der Waals surface area contributed by atoms with E-state index < -0.39 is 11.6 Å². The SMILES string of the molecule is Nc1c(N)c(N)[n+]([O-])[n+]([O-])c1N. The number of rotatable bonds is 0. The van der Waals surface area contributed by atoms with Crippen LogP contribution in [0.4, 0.5) is 23.0 Å². The molecule has 0 fully saturated rings. The highest BCUT2D eigenvalue weighted by atomic mass is 16.6. The zero-order valence-electron chi connectivity index (χ0n) is 6.02. The van der Waals surface area contributed by atoms with Gasteiger partial charge in [0.25, 0.3) is 0 Å². The van der Waals surface area contributed by atoms with Gasteiger partial charge in [0.15, 0.2) is 11.4 Å². The molecule has 8 heteroatoms. The van der Waals surface area contributed by atoms with Gasteiger partial charge in [0.05, 0.1) is 0 Å². The highest BCUT2D eigenvalue weighted by Gasteiger charge is 2.19. The normalized spacial score (nSPS) is 10.0. The number of hydrogen-bond acceptors (Lipinski definition) is 6. The fraction of sp³-hybridized carbons (Fsp3) is 0. The molecule has 0 aliphatic heterocycles. The quantitative estimate of drug-likeness (QED) is 0.246. The van der Waals surface area contributed by atoms with Crippen LogP contribution in [0.15, 0.2) is 0 Å². The molecule has 0 aliphatic rings. The Balaban J connectivity index is 3.60. The average molecular weight is 172 g/mol. The van der Waals surface area contributed by atoms with E-state index in [9.17, 15) is 10.4 Å². The van der Waals surface area contributed by atoms with Crippen LogP contribution in [0.1, 0.15) is 0 Å². The minimum Gasteiger partial charge on any atom is -0.675 e. The van der Waals surface area contributed by atoms with Crippen LogP contribution in [0.5, 0.6) is 0 Å². The van der Waals surface area contributed by atoms with Crippen molar-refractivity contribution in [3.8, 4) is 0 Å². The molecule has 1 heterocycles. The lowest BCUT2D eigenvalue weighted by atomic mass is 10.3. The fourth-order valence-electron chi connectivity index (χ4n) is 0.678. The summed E-state index contributed by atoms with van der Waals surface area (Å²) in [6.07, 6.45) is 0. The minimum absolute atomic E-state index is 0.180. The molecule has 1 aromatic heterocycles. The highest BCUT2D eigenvalue weighted by Crippen LogP contribution is 2.20.